The Kier molecular flexibility index (Phi) is 4.18. The minimum Gasteiger partial charge on any atom is -0.385 e. The van der Waals surface area contributed by atoms with Crippen LogP contribution in [0.3, 0.4) is 0 Å². The molecule has 2 rings (SSSR count). The molecule has 1 atom stereocenters. The fraction of sp³-hybridized carbons (Fsp3) is 0.467. The van der Waals surface area contributed by atoms with Crippen molar-refractivity contribution in [2.24, 2.45) is 5.92 Å². The summed E-state index contributed by atoms with van der Waals surface area (Å²) in [6.45, 7) is 6.59. The summed E-state index contributed by atoms with van der Waals surface area (Å²) in [6, 6.07) is 6.02. The van der Waals surface area contributed by atoms with Crippen molar-refractivity contribution < 1.29 is 9.50 Å². The van der Waals surface area contributed by atoms with Gasteiger partial charge in [-0.2, -0.15) is 5.10 Å². The van der Waals surface area contributed by atoms with Crippen molar-refractivity contribution in [3.63, 3.8) is 0 Å². The first-order chi connectivity index (χ1) is 9.38. The standard InChI is InChI=1S/C15H20FN3O/c1-11(2)9-19-14(17-10-18-19)8-15(3,20)12-5-4-6-13(16)7-12/h4-7,10-11,20H,8-9H2,1-3H3. The fourth-order valence-corrected chi connectivity index (χ4v) is 2.16. The van der Waals surface area contributed by atoms with E-state index in [1.807, 2.05) is 0 Å². The van der Waals surface area contributed by atoms with Crippen molar-refractivity contribution in [2.45, 2.75) is 39.3 Å². The van der Waals surface area contributed by atoms with Gasteiger partial charge in [-0.1, -0.05) is 26.0 Å². The molecule has 0 saturated heterocycles. The minimum atomic E-state index is -1.18. The van der Waals surface area contributed by atoms with Crippen LogP contribution < -0.4 is 0 Å². The maximum absolute atomic E-state index is 13.3. The van der Waals surface area contributed by atoms with E-state index >= 15 is 0 Å². The Bertz CT molecular complexity index is 578. The first kappa shape index (κ1) is 14.7. The topological polar surface area (TPSA) is 50.9 Å². The van der Waals surface area contributed by atoms with Gasteiger partial charge in [-0.3, -0.25) is 0 Å². The molecule has 0 fully saturated rings. The van der Waals surface area contributed by atoms with Gasteiger partial charge in [-0.15, -0.1) is 0 Å². The van der Waals surface area contributed by atoms with Crippen LogP contribution in [0.5, 0.6) is 0 Å². The number of benzene rings is 1. The predicted octanol–water partition coefficient (Wildman–Crippen LogP) is 2.52. The third-order valence-corrected chi connectivity index (χ3v) is 3.18. The van der Waals surface area contributed by atoms with Crippen LogP contribution in [0.2, 0.25) is 0 Å². The van der Waals surface area contributed by atoms with Gasteiger partial charge in [0, 0.05) is 13.0 Å². The van der Waals surface area contributed by atoms with Gasteiger partial charge < -0.3 is 5.11 Å². The molecular weight excluding hydrogens is 257 g/mol. The maximum atomic E-state index is 13.3. The molecule has 0 saturated carbocycles. The lowest BCUT2D eigenvalue weighted by molar-refractivity contribution is 0.0537. The fourth-order valence-electron chi connectivity index (χ4n) is 2.16. The summed E-state index contributed by atoms with van der Waals surface area (Å²) in [6.07, 6.45) is 1.78. The van der Waals surface area contributed by atoms with Gasteiger partial charge >= 0.3 is 0 Å². The van der Waals surface area contributed by atoms with Crippen LogP contribution in [-0.4, -0.2) is 19.9 Å². The summed E-state index contributed by atoms with van der Waals surface area (Å²) < 4.78 is 15.1. The number of halogens is 1. The molecular formula is C15H20FN3O. The summed E-state index contributed by atoms with van der Waals surface area (Å²) in [7, 11) is 0. The lowest BCUT2D eigenvalue weighted by Gasteiger charge is -2.24. The second-order valence-electron chi connectivity index (χ2n) is 5.71. The van der Waals surface area contributed by atoms with Crippen molar-refractivity contribution in [3.05, 3.63) is 47.8 Å². The number of nitrogens with zero attached hydrogens (tertiary/aromatic N) is 3. The highest BCUT2D eigenvalue weighted by atomic mass is 19.1. The van der Waals surface area contributed by atoms with Crippen LogP contribution in [-0.2, 0) is 18.6 Å². The molecule has 5 heteroatoms. The van der Waals surface area contributed by atoms with E-state index in [1.54, 1.807) is 23.7 Å². The van der Waals surface area contributed by atoms with E-state index in [0.717, 1.165) is 6.54 Å². The molecule has 0 aliphatic rings. The van der Waals surface area contributed by atoms with E-state index in [-0.39, 0.29) is 5.82 Å². The monoisotopic (exact) mass is 277 g/mol. The van der Waals surface area contributed by atoms with E-state index in [9.17, 15) is 9.50 Å². The zero-order valence-corrected chi connectivity index (χ0v) is 12.0. The molecule has 0 amide bonds. The Morgan fingerprint density at radius 3 is 2.80 bits per heavy atom. The van der Waals surface area contributed by atoms with Gasteiger partial charge in [-0.05, 0) is 30.5 Å². The first-order valence-electron chi connectivity index (χ1n) is 6.73. The number of hydrogen-bond acceptors (Lipinski definition) is 3. The van der Waals surface area contributed by atoms with Crippen LogP contribution in [0, 0.1) is 11.7 Å². The molecule has 1 unspecified atom stereocenters. The van der Waals surface area contributed by atoms with Gasteiger partial charge in [0.15, 0.2) is 0 Å². The Balaban J connectivity index is 2.22. The van der Waals surface area contributed by atoms with Gasteiger partial charge in [0.25, 0.3) is 0 Å². The van der Waals surface area contributed by atoms with Gasteiger partial charge in [0.1, 0.15) is 18.0 Å². The molecule has 1 heterocycles. The normalized spacial score (nSPS) is 14.5. The highest BCUT2D eigenvalue weighted by molar-refractivity contribution is 5.23. The van der Waals surface area contributed by atoms with Crippen molar-refractivity contribution in [1.29, 1.82) is 0 Å². The van der Waals surface area contributed by atoms with Crippen LogP contribution in [0.1, 0.15) is 32.2 Å². The van der Waals surface area contributed by atoms with E-state index < -0.39 is 5.60 Å². The Morgan fingerprint density at radius 2 is 2.15 bits per heavy atom. The molecule has 20 heavy (non-hydrogen) atoms. The molecule has 0 spiro atoms. The maximum Gasteiger partial charge on any atom is 0.138 e. The smallest absolute Gasteiger partial charge is 0.138 e. The molecule has 2 aromatic rings. The third kappa shape index (κ3) is 3.42. The second kappa shape index (κ2) is 5.71. The third-order valence-electron chi connectivity index (χ3n) is 3.18. The number of rotatable bonds is 5. The van der Waals surface area contributed by atoms with E-state index in [4.69, 9.17) is 0 Å². The SMILES string of the molecule is CC(C)Cn1ncnc1CC(C)(O)c1cccc(F)c1. The first-order valence-corrected chi connectivity index (χ1v) is 6.73. The second-order valence-corrected chi connectivity index (χ2v) is 5.71. The van der Waals surface area contributed by atoms with Crippen molar-refractivity contribution in [1.82, 2.24) is 14.8 Å². The largest absolute Gasteiger partial charge is 0.385 e. The van der Waals surface area contributed by atoms with Gasteiger partial charge in [0.2, 0.25) is 0 Å². The summed E-state index contributed by atoms with van der Waals surface area (Å²) in [5.74, 6) is 0.786. The molecule has 0 bridgehead atoms. The molecule has 108 valence electrons. The average molecular weight is 277 g/mol. The lowest BCUT2D eigenvalue weighted by atomic mass is 9.92. The number of hydrogen-bond donors (Lipinski definition) is 1. The van der Waals surface area contributed by atoms with E-state index in [1.165, 1.54) is 18.5 Å². The molecule has 0 aliphatic heterocycles. The average Bonchev–Trinajstić information content (AvgIpc) is 2.75. The molecule has 0 radical (unpaired) electrons. The summed E-state index contributed by atoms with van der Waals surface area (Å²) in [5, 5.41) is 14.8. The van der Waals surface area contributed by atoms with Crippen LogP contribution >= 0.6 is 0 Å². The minimum absolute atomic E-state index is 0.295. The Morgan fingerprint density at radius 1 is 1.40 bits per heavy atom. The molecule has 0 aliphatic carbocycles. The highest BCUT2D eigenvalue weighted by Gasteiger charge is 2.26. The molecule has 1 aromatic heterocycles. The number of aromatic nitrogens is 3. The van der Waals surface area contributed by atoms with Gasteiger partial charge in [0.05, 0.1) is 5.60 Å². The van der Waals surface area contributed by atoms with Crippen LogP contribution in [0.15, 0.2) is 30.6 Å². The molecule has 1 N–H and O–H groups in total. The lowest BCUT2D eigenvalue weighted by Crippen LogP contribution is -2.27. The van der Waals surface area contributed by atoms with E-state index in [2.05, 4.69) is 23.9 Å². The quantitative estimate of drug-likeness (QED) is 0.913. The molecule has 1 aromatic carbocycles. The highest BCUT2D eigenvalue weighted by Crippen LogP contribution is 2.25. The predicted molar refractivity (Wildman–Crippen MR) is 74.5 cm³/mol. The summed E-state index contributed by atoms with van der Waals surface area (Å²) in [5.41, 5.74) is -0.638. The van der Waals surface area contributed by atoms with Gasteiger partial charge in [-0.25, -0.2) is 14.1 Å². The van der Waals surface area contributed by atoms with Crippen molar-refractivity contribution in [3.8, 4) is 0 Å². The Labute approximate surface area is 118 Å². The van der Waals surface area contributed by atoms with Crippen LogP contribution in [0.4, 0.5) is 4.39 Å². The zero-order valence-electron chi connectivity index (χ0n) is 12.0. The Hall–Kier alpha value is -1.75. The number of aliphatic hydroxyl groups is 1. The summed E-state index contributed by atoms with van der Waals surface area (Å²) >= 11 is 0. The zero-order chi connectivity index (χ0) is 14.8. The molecule has 4 nitrogen and oxygen atoms in total. The summed E-state index contributed by atoms with van der Waals surface area (Å²) in [4.78, 5) is 4.20. The van der Waals surface area contributed by atoms with E-state index in [0.29, 0.717) is 23.7 Å². The van der Waals surface area contributed by atoms with Crippen molar-refractivity contribution in [2.75, 3.05) is 0 Å². The van der Waals surface area contributed by atoms with Crippen LogP contribution in [0.25, 0.3) is 0 Å². The van der Waals surface area contributed by atoms with Crippen molar-refractivity contribution >= 4 is 0 Å².